The van der Waals surface area contributed by atoms with Gasteiger partial charge in [0.2, 0.25) is 0 Å². The van der Waals surface area contributed by atoms with E-state index in [1.807, 2.05) is 0 Å². The number of halogens is 2. The van der Waals surface area contributed by atoms with Gasteiger partial charge in [-0.05, 0) is 0 Å². The summed E-state index contributed by atoms with van der Waals surface area (Å²) in [7, 11) is 0. The Morgan fingerprint density at radius 2 is 1.12 bits per heavy atom. The predicted octanol–water partition coefficient (Wildman–Crippen LogP) is 11.9. The first kappa shape index (κ1) is 38.4. The molecular weight excluding hydrogens is 751 g/mol. The van der Waals surface area contributed by atoms with Crippen LogP contribution in [0.15, 0.2) is 125 Å². The van der Waals surface area contributed by atoms with Gasteiger partial charge in [0.15, 0.2) is 0 Å². The zero-order chi connectivity index (χ0) is 35.2. The average Bonchev–Trinajstić information content (AvgIpc) is 3.75. The van der Waals surface area contributed by atoms with Crippen molar-refractivity contribution < 1.29 is 18.3 Å². The molecule has 3 heteroatoms. The standard InChI is InChI=1S/C23H29.2C10H7.C5H5.CH2.2ClH.Zr/c1-14-9-16-11-17-10-15(2)21(23(6,7)8)13-19(17)18(16)12-20(14)22(3,4)5;2*1-2-6-10-8-4-3-7-9(10)5-1;1-2-4-5-3-1;;;;/h9,12-13H,11H2,1-8H3;2*1-3,5-8H;1-3H,4H2;1H2;2*1H;. The second kappa shape index (κ2) is 13.2. The monoisotopic (exact) mass is 800 g/mol. The zero-order valence-electron chi connectivity index (χ0n) is 32.0. The van der Waals surface area contributed by atoms with Crippen LogP contribution in [0.2, 0.25) is 0 Å². The third kappa shape index (κ3) is 5.61. The fraction of sp³-hybridized carbons (Fsp3) is 0.245. The number of aryl methyl sites for hydroxylation is 1. The molecule has 0 heterocycles. The summed E-state index contributed by atoms with van der Waals surface area (Å²) in [5.74, 6) is 0. The fourth-order valence-corrected chi connectivity index (χ4v) is 26.3. The number of hydrogen-bond donors (Lipinski definition) is 0. The second-order valence-corrected chi connectivity index (χ2v) is 30.2. The van der Waals surface area contributed by atoms with Crippen molar-refractivity contribution in [3.05, 3.63) is 158 Å². The molecule has 0 N–H and O–H groups in total. The molecule has 6 aromatic rings. The van der Waals surface area contributed by atoms with Crippen molar-refractivity contribution in [3.63, 3.8) is 0 Å². The van der Waals surface area contributed by atoms with Gasteiger partial charge in [-0.3, -0.25) is 0 Å². The van der Waals surface area contributed by atoms with Gasteiger partial charge < -0.3 is 0 Å². The van der Waals surface area contributed by atoms with Crippen molar-refractivity contribution >= 4 is 60.4 Å². The summed E-state index contributed by atoms with van der Waals surface area (Å²) in [4.78, 5) is 0. The summed E-state index contributed by atoms with van der Waals surface area (Å²) < 4.78 is 11.8. The summed E-state index contributed by atoms with van der Waals surface area (Å²) in [6.07, 6.45) is 9.00. The Bertz CT molecular complexity index is 2450. The Balaban J connectivity index is 0.00000232. The van der Waals surface area contributed by atoms with Crippen molar-refractivity contribution in [1.29, 1.82) is 0 Å². The van der Waals surface area contributed by atoms with Crippen LogP contribution in [0, 0.1) is 13.8 Å². The molecule has 0 saturated carbocycles. The van der Waals surface area contributed by atoms with E-state index in [1.165, 1.54) is 75.9 Å². The molecule has 266 valence electrons. The van der Waals surface area contributed by atoms with Gasteiger partial charge in [0.1, 0.15) is 0 Å². The number of rotatable bonds is 4. The van der Waals surface area contributed by atoms with Crippen molar-refractivity contribution in [2.24, 2.45) is 0 Å². The summed E-state index contributed by atoms with van der Waals surface area (Å²) >= 11 is -5.06. The SMILES string of the molecule is Cl.Cl.[CH2]=[Zr]([C]1=CC=CC1)([c]1ccc2ccccc2c1)([c]1ccc2ccccc2c1)[c]1c(C)c(C(C)(C)C)cc2c1Cc1cc(C)c(C(C)(C)C)cc1-2. The van der Waals surface area contributed by atoms with E-state index in [0.717, 1.165) is 12.8 Å². The van der Waals surface area contributed by atoms with Crippen LogP contribution in [0.3, 0.4) is 0 Å². The molecule has 0 spiro atoms. The summed E-state index contributed by atoms with van der Waals surface area (Å²) in [5.41, 5.74) is 11.5. The molecule has 0 amide bonds. The van der Waals surface area contributed by atoms with Crippen LogP contribution in [-0.4, -0.2) is 4.21 Å². The van der Waals surface area contributed by atoms with Crippen LogP contribution >= 0.6 is 24.8 Å². The van der Waals surface area contributed by atoms with Crippen molar-refractivity contribution in [1.82, 2.24) is 0 Å². The van der Waals surface area contributed by atoms with Gasteiger partial charge in [0.05, 0.1) is 0 Å². The minimum absolute atomic E-state index is 0. The van der Waals surface area contributed by atoms with E-state index in [-0.39, 0.29) is 35.6 Å². The Kier molecular flexibility index (Phi) is 9.74. The Morgan fingerprint density at radius 3 is 1.62 bits per heavy atom. The molecule has 0 unspecified atom stereocenters. The normalized spacial score (nSPS) is 14.1. The molecule has 0 bridgehead atoms. The van der Waals surface area contributed by atoms with Crippen LogP contribution < -0.4 is 9.81 Å². The molecule has 6 aromatic carbocycles. The first-order valence-electron chi connectivity index (χ1n) is 18.4. The third-order valence-corrected chi connectivity index (χ3v) is 28.8. The first-order chi connectivity index (χ1) is 23.7. The van der Waals surface area contributed by atoms with E-state index in [2.05, 4.69) is 177 Å². The molecule has 0 radical (unpaired) electrons. The van der Waals surface area contributed by atoms with Gasteiger partial charge in [-0.2, -0.15) is 0 Å². The number of fused-ring (bicyclic) bond motifs is 5. The van der Waals surface area contributed by atoms with Crippen LogP contribution in [0.5, 0.6) is 0 Å². The molecule has 0 fully saturated rings. The van der Waals surface area contributed by atoms with E-state index in [0.29, 0.717) is 0 Å². The molecular formula is C49H52Cl2Zr. The molecule has 0 saturated heterocycles. The van der Waals surface area contributed by atoms with E-state index in [4.69, 9.17) is 4.21 Å². The topological polar surface area (TPSA) is 0 Å². The Labute approximate surface area is 324 Å². The molecule has 8 rings (SSSR count). The summed E-state index contributed by atoms with van der Waals surface area (Å²) in [6, 6.07) is 40.1. The van der Waals surface area contributed by atoms with E-state index < -0.39 is 18.3 Å². The third-order valence-electron chi connectivity index (χ3n) is 12.2. The Hall–Kier alpha value is -3.35. The van der Waals surface area contributed by atoms with Gasteiger partial charge >= 0.3 is 302 Å². The molecule has 2 aliphatic rings. The van der Waals surface area contributed by atoms with Gasteiger partial charge in [0, 0.05) is 0 Å². The van der Waals surface area contributed by atoms with E-state index in [1.54, 1.807) is 3.27 Å². The van der Waals surface area contributed by atoms with Crippen LogP contribution in [0.4, 0.5) is 0 Å². The molecule has 0 nitrogen and oxygen atoms in total. The van der Waals surface area contributed by atoms with Crippen LogP contribution in [0.1, 0.15) is 81.3 Å². The molecule has 0 aromatic heterocycles. The summed E-state index contributed by atoms with van der Waals surface area (Å²) in [6.45, 7) is 19.0. The molecule has 0 atom stereocenters. The van der Waals surface area contributed by atoms with Gasteiger partial charge in [-0.25, -0.2) is 0 Å². The summed E-state index contributed by atoms with van der Waals surface area (Å²) in [5, 5.41) is 5.13. The van der Waals surface area contributed by atoms with E-state index in [9.17, 15) is 0 Å². The fourth-order valence-electron chi connectivity index (χ4n) is 9.86. The van der Waals surface area contributed by atoms with Crippen molar-refractivity contribution in [3.8, 4) is 11.1 Å². The van der Waals surface area contributed by atoms with Crippen LogP contribution in [-0.2, 0) is 35.5 Å². The molecule has 2 aliphatic carbocycles. The molecule has 52 heavy (non-hydrogen) atoms. The second-order valence-electron chi connectivity index (χ2n) is 17.4. The Morgan fingerprint density at radius 1 is 0.596 bits per heavy atom. The maximum absolute atomic E-state index is 5.91. The average molecular weight is 803 g/mol. The maximum atomic E-state index is 5.91. The van der Waals surface area contributed by atoms with Crippen molar-refractivity contribution in [2.45, 2.75) is 79.1 Å². The minimum atomic E-state index is -5.06. The van der Waals surface area contributed by atoms with Crippen LogP contribution in [0.25, 0.3) is 32.7 Å². The van der Waals surface area contributed by atoms with E-state index >= 15 is 0 Å². The zero-order valence-corrected chi connectivity index (χ0v) is 36.1. The quantitative estimate of drug-likeness (QED) is 0.166. The van der Waals surface area contributed by atoms with Crippen molar-refractivity contribution in [2.75, 3.05) is 0 Å². The number of hydrogen-bond acceptors (Lipinski definition) is 0. The first-order valence-corrected chi connectivity index (χ1v) is 25.0. The number of benzene rings is 6. The van der Waals surface area contributed by atoms with Gasteiger partial charge in [0.25, 0.3) is 0 Å². The van der Waals surface area contributed by atoms with Gasteiger partial charge in [-0.15, -0.1) is 24.8 Å². The van der Waals surface area contributed by atoms with Gasteiger partial charge in [-0.1, -0.05) is 0 Å². The molecule has 0 aliphatic heterocycles. The number of allylic oxidation sites excluding steroid dienone is 4. The predicted molar refractivity (Wildman–Crippen MR) is 232 cm³/mol.